The molecule has 0 aliphatic rings. The zero-order valence-electron chi connectivity index (χ0n) is 11.6. The molecule has 0 amide bonds. The number of aromatic nitrogens is 2. The first-order valence-electron chi connectivity index (χ1n) is 6.04. The quantitative estimate of drug-likeness (QED) is 0.373. The van der Waals surface area contributed by atoms with E-state index in [2.05, 4.69) is 0 Å². The normalized spacial score (nSPS) is 10.5. The summed E-state index contributed by atoms with van der Waals surface area (Å²) in [5.74, 6) is 0. The Balaban J connectivity index is 2.88. The van der Waals surface area contributed by atoms with E-state index < -0.39 is 9.85 Å². The van der Waals surface area contributed by atoms with Gasteiger partial charge < -0.3 is 0 Å². The maximum absolute atomic E-state index is 11.0. The number of hydrogen-bond donors (Lipinski definition) is 2. The SMILES string of the molecule is Cc1c([N+](=O)[O-])cc[n+](O)c1-c1c(C)c([N+](=O)[O-])cc[n+]1O. The summed E-state index contributed by atoms with van der Waals surface area (Å²) in [6, 6.07) is 2.18. The fraction of sp³-hybridized carbons (Fsp3) is 0.167. The predicted molar refractivity (Wildman–Crippen MR) is 69.4 cm³/mol. The number of pyridine rings is 2. The highest BCUT2D eigenvalue weighted by atomic mass is 16.6. The third-order valence-corrected chi connectivity index (χ3v) is 3.30. The Hall–Kier alpha value is -3.30. The van der Waals surface area contributed by atoms with Crippen molar-refractivity contribution >= 4 is 11.4 Å². The van der Waals surface area contributed by atoms with Crippen LogP contribution in [0.4, 0.5) is 11.4 Å². The lowest BCUT2D eigenvalue weighted by Crippen LogP contribution is -2.41. The summed E-state index contributed by atoms with van der Waals surface area (Å²) < 4.78 is 1.14. The lowest BCUT2D eigenvalue weighted by Gasteiger charge is -2.02. The number of hydrogen-bond acceptors (Lipinski definition) is 6. The van der Waals surface area contributed by atoms with Crippen molar-refractivity contribution in [3.63, 3.8) is 0 Å². The monoisotopic (exact) mass is 308 g/mol. The molecule has 2 aromatic heterocycles. The van der Waals surface area contributed by atoms with E-state index in [1.54, 1.807) is 0 Å². The summed E-state index contributed by atoms with van der Waals surface area (Å²) in [6.45, 7) is 2.75. The third kappa shape index (κ3) is 2.26. The van der Waals surface area contributed by atoms with Crippen LogP contribution in [0.15, 0.2) is 24.5 Å². The summed E-state index contributed by atoms with van der Waals surface area (Å²) in [7, 11) is 0. The summed E-state index contributed by atoms with van der Waals surface area (Å²) in [5.41, 5.74) is -0.684. The molecule has 10 heteroatoms. The molecular weight excluding hydrogens is 296 g/mol. The third-order valence-electron chi connectivity index (χ3n) is 3.30. The minimum Gasteiger partial charge on any atom is -0.284 e. The Labute approximate surface area is 123 Å². The number of rotatable bonds is 3. The predicted octanol–water partition coefficient (Wildman–Crippen LogP) is 0.836. The van der Waals surface area contributed by atoms with Gasteiger partial charge in [0.15, 0.2) is 0 Å². The first-order valence-corrected chi connectivity index (χ1v) is 6.04. The maximum atomic E-state index is 11.0. The van der Waals surface area contributed by atoms with Crippen LogP contribution in [0.5, 0.6) is 0 Å². The number of nitro groups is 2. The van der Waals surface area contributed by atoms with Gasteiger partial charge in [0.25, 0.3) is 11.4 Å². The molecular formula is C12H12N4O6+2. The molecule has 0 spiro atoms. The van der Waals surface area contributed by atoms with Gasteiger partial charge in [-0.15, -0.1) is 0 Å². The summed E-state index contributed by atoms with van der Waals surface area (Å²) in [5, 5.41) is 41.9. The van der Waals surface area contributed by atoms with E-state index in [9.17, 15) is 30.6 Å². The molecule has 2 aromatic rings. The van der Waals surface area contributed by atoms with Crippen molar-refractivity contribution in [2.75, 3.05) is 0 Å². The minimum absolute atomic E-state index is 0.0568. The van der Waals surface area contributed by atoms with Gasteiger partial charge >= 0.3 is 11.4 Å². The molecule has 0 saturated heterocycles. The molecule has 10 nitrogen and oxygen atoms in total. The van der Waals surface area contributed by atoms with Crippen LogP contribution in [-0.4, -0.2) is 20.3 Å². The minimum atomic E-state index is -0.646. The lowest BCUT2D eigenvalue weighted by atomic mass is 10.0. The van der Waals surface area contributed by atoms with Crippen LogP contribution in [0.2, 0.25) is 0 Å². The molecule has 0 radical (unpaired) electrons. The summed E-state index contributed by atoms with van der Waals surface area (Å²) in [4.78, 5) is 20.7. The molecule has 0 aliphatic carbocycles. The fourth-order valence-corrected chi connectivity index (χ4v) is 2.24. The van der Waals surface area contributed by atoms with E-state index in [0.717, 1.165) is 24.5 Å². The molecule has 0 fully saturated rings. The standard InChI is InChI=1S/C12H12N4O6/c1-7-9(15(19)20)3-5-13(17)11(7)12-8(2)10(16(21)22)4-6-14(12)18/h3-6,17-18H,1-2H3/q+2. The average molecular weight is 308 g/mol. The van der Waals surface area contributed by atoms with Crippen molar-refractivity contribution in [2.24, 2.45) is 0 Å². The highest BCUT2D eigenvalue weighted by molar-refractivity contribution is 5.64. The van der Waals surface area contributed by atoms with Crippen molar-refractivity contribution in [2.45, 2.75) is 13.8 Å². The van der Waals surface area contributed by atoms with Gasteiger partial charge in [-0.05, 0) is 13.8 Å². The van der Waals surface area contributed by atoms with Gasteiger partial charge in [-0.25, -0.2) is 0 Å². The molecule has 0 unspecified atom stereocenters. The van der Waals surface area contributed by atoms with E-state index in [-0.39, 0.29) is 33.9 Å². The molecule has 0 aromatic carbocycles. The van der Waals surface area contributed by atoms with E-state index in [0.29, 0.717) is 9.46 Å². The fourth-order valence-electron chi connectivity index (χ4n) is 2.24. The van der Waals surface area contributed by atoms with E-state index >= 15 is 0 Å². The topological polar surface area (TPSA) is 134 Å². The second-order valence-electron chi connectivity index (χ2n) is 4.55. The van der Waals surface area contributed by atoms with E-state index in [4.69, 9.17) is 0 Å². The second-order valence-corrected chi connectivity index (χ2v) is 4.55. The van der Waals surface area contributed by atoms with E-state index in [1.807, 2.05) is 0 Å². The van der Waals surface area contributed by atoms with Crippen LogP contribution < -0.4 is 9.46 Å². The van der Waals surface area contributed by atoms with Gasteiger partial charge in [0.05, 0.1) is 22.0 Å². The molecule has 2 N–H and O–H groups in total. The first kappa shape index (κ1) is 15.1. The Morgan fingerprint density at radius 2 is 1.18 bits per heavy atom. The molecule has 22 heavy (non-hydrogen) atoms. The van der Waals surface area contributed by atoms with Crippen molar-refractivity contribution in [1.29, 1.82) is 0 Å². The molecule has 0 aliphatic heterocycles. The van der Waals surface area contributed by atoms with Crippen LogP contribution in [0, 0.1) is 34.1 Å². The molecule has 2 rings (SSSR count). The number of nitrogens with zero attached hydrogens (tertiary/aromatic N) is 4. The molecule has 0 atom stereocenters. The molecule has 2 heterocycles. The Morgan fingerprint density at radius 3 is 1.45 bits per heavy atom. The van der Waals surface area contributed by atoms with Gasteiger partial charge in [-0.1, -0.05) is 0 Å². The molecule has 0 saturated carbocycles. The maximum Gasteiger partial charge on any atom is 0.343 e. The van der Waals surface area contributed by atoms with Crippen molar-refractivity contribution in [1.82, 2.24) is 0 Å². The van der Waals surface area contributed by atoms with Gasteiger partial charge in [-0.2, -0.15) is 0 Å². The van der Waals surface area contributed by atoms with Crippen LogP contribution >= 0.6 is 0 Å². The van der Waals surface area contributed by atoms with Crippen LogP contribution in [0.3, 0.4) is 0 Å². The van der Waals surface area contributed by atoms with Crippen molar-refractivity contribution in [3.8, 4) is 11.4 Å². The largest absolute Gasteiger partial charge is 0.343 e. The van der Waals surface area contributed by atoms with Crippen molar-refractivity contribution in [3.05, 3.63) is 55.9 Å². The Morgan fingerprint density at radius 1 is 0.864 bits per heavy atom. The van der Waals surface area contributed by atoms with Gasteiger partial charge in [0, 0.05) is 9.46 Å². The summed E-state index contributed by atoms with van der Waals surface area (Å²) >= 11 is 0. The van der Waals surface area contributed by atoms with Gasteiger partial charge in [0.1, 0.15) is 11.1 Å². The van der Waals surface area contributed by atoms with Crippen LogP contribution in [0.1, 0.15) is 11.1 Å². The summed E-state index contributed by atoms with van der Waals surface area (Å²) in [6.07, 6.45) is 2.05. The molecule has 0 bridgehead atoms. The highest BCUT2D eigenvalue weighted by Gasteiger charge is 2.37. The van der Waals surface area contributed by atoms with Gasteiger partial charge in [0.2, 0.25) is 12.4 Å². The zero-order chi connectivity index (χ0) is 16.6. The van der Waals surface area contributed by atoms with Crippen LogP contribution in [0.25, 0.3) is 11.4 Å². The highest BCUT2D eigenvalue weighted by Crippen LogP contribution is 2.29. The zero-order valence-corrected chi connectivity index (χ0v) is 11.6. The second kappa shape index (κ2) is 5.24. The lowest BCUT2D eigenvalue weighted by molar-refractivity contribution is -0.919. The van der Waals surface area contributed by atoms with Crippen molar-refractivity contribution < 1.29 is 29.7 Å². The van der Waals surface area contributed by atoms with Gasteiger partial charge in [-0.3, -0.25) is 30.6 Å². The first-order chi connectivity index (χ1) is 10.3. The Kier molecular flexibility index (Phi) is 3.59. The van der Waals surface area contributed by atoms with E-state index in [1.165, 1.54) is 13.8 Å². The Bertz CT molecular complexity index is 737. The smallest absolute Gasteiger partial charge is 0.284 e. The average Bonchev–Trinajstić information content (AvgIpc) is 2.41. The van der Waals surface area contributed by atoms with Crippen LogP contribution in [-0.2, 0) is 0 Å². The molecule has 114 valence electrons.